The average molecular weight is 302 g/mol. The molecule has 0 aliphatic carbocycles. The van der Waals surface area contributed by atoms with E-state index < -0.39 is 0 Å². The molecule has 1 atom stereocenters. The molecule has 116 valence electrons. The Morgan fingerprint density at radius 3 is 2.95 bits per heavy atom. The second-order valence-corrected chi connectivity index (χ2v) is 6.16. The Morgan fingerprint density at radius 2 is 2.25 bits per heavy atom. The number of aliphatic hydroxyl groups is 1. The lowest BCUT2D eigenvalue weighted by Gasteiger charge is -2.21. The van der Waals surface area contributed by atoms with Crippen LogP contribution in [-0.2, 0) is 9.59 Å². The molecule has 1 fully saturated rings. The maximum atomic E-state index is 11.8. The molecule has 0 radical (unpaired) electrons. The highest BCUT2D eigenvalue weighted by molar-refractivity contribution is 7.98. The monoisotopic (exact) mass is 302 g/mol. The topological polar surface area (TPSA) is 69.6 Å². The van der Waals surface area contributed by atoms with Crippen LogP contribution in [0, 0.1) is 0 Å². The fourth-order valence-electron chi connectivity index (χ4n) is 2.28. The second kappa shape index (κ2) is 10.0. The van der Waals surface area contributed by atoms with Gasteiger partial charge in [0.25, 0.3) is 0 Å². The molecule has 1 aliphatic heterocycles. The number of aliphatic hydroxyl groups excluding tert-OH is 1. The van der Waals surface area contributed by atoms with Crippen molar-refractivity contribution < 1.29 is 14.7 Å². The number of rotatable bonds is 8. The molecule has 6 heteroatoms. The van der Waals surface area contributed by atoms with E-state index in [-0.39, 0.29) is 24.5 Å². The largest absolute Gasteiger partial charge is 0.394 e. The Kier molecular flexibility index (Phi) is 8.69. The first-order chi connectivity index (χ1) is 9.67. The fourth-order valence-corrected chi connectivity index (χ4v) is 2.80. The summed E-state index contributed by atoms with van der Waals surface area (Å²) in [5.74, 6) is 0.995. The number of thioether (sulfide) groups is 1. The summed E-state index contributed by atoms with van der Waals surface area (Å²) in [4.78, 5) is 25.4. The molecule has 1 heterocycles. The van der Waals surface area contributed by atoms with Gasteiger partial charge in [-0.25, -0.2) is 0 Å². The Morgan fingerprint density at radius 1 is 1.45 bits per heavy atom. The molecule has 1 rings (SSSR count). The van der Waals surface area contributed by atoms with Gasteiger partial charge in [0.2, 0.25) is 11.8 Å². The molecule has 0 saturated carbocycles. The molecule has 1 aliphatic rings. The summed E-state index contributed by atoms with van der Waals surface area (Å²) in [6.07, 6.45) is 6.78. The van der Waals surface area contributed by atoms with Crippen LogP contribution in [0.3, 0.4) is 0 Å². The molecule has 0 unspecified atom stereocenters. The maximum absolute atomic E-state index is 11.8. The van der Waals surface area contributed by atoms with Gasteiger partial charge in [0.15, 0.2) is 0 Å². The van der Waals surface area contributed by atoms with Crippen LogP contribution >= 0.6 is 11.8 Å². The van der Waals surface area contributed by atoms with Crippen molar-refractivity contribution in [2.24, 2.45) is 0 Å². The summed E-state index contributed by atoms with van der Waals surface area (Å²) in [5, 5.41) is 12.0. The second-order valence-electron chi connectivity index (χ2n) is 5.17. The van der Waals surface area contributed by atoms with Crippen LogP contribution in [0.15, 0.2) is 0 Å². The van der Waals surface area contributed by atoms with E-state index in [1.54, 1.807) is 16.7 Å². The van der Waals surface area contributed by atoms with Crippen molar-refractivity contribution in [3.63, 3.8) is 0 Å². The minimum atomic E-state index is -0.171. The van der Waals surface area contributed by atoms with E-state index in [0.717, 1.165) is 38.0 Å². The molecule has 5 nitrogen and oxygen atoms in total. The van der Waals surface area contributed by atoms with E-state index in [9.17, 15) is 14.7 Å². The van der Waals surface area contributed by atoms with Crippen molar-refractivity contribution in [3.05, 3.63) is 0 Å². The summed E-state index contributed by atoms with van der Waals surface area (Å²) in [6, 6.07) is -0.171. The lowest BCUT2D eigenvalue weighted by Crippen LogP contribution is -2.40. The molecule has 0 spiro atoms. The number of likely N-dealkylation sites (tertiary alicyclic amines) is 1. The summed E-state index contributed by atoms with van der Waals surface area (Å²) in [5.41, 5.74) is 0. The van der Waals surface area contributed by atoms with Gasteiger partial charge in [-0.2, -0.15) is 11.8 Å². The highest BCUT2D eigenvalue weighted by Crippen LogP contribution is 2.11. The van der Waals surface area contributed by atoms with Gasteiger partial charge in [-0.3, -0.25) is 9.59 Å². The Bertz CT molecular complexity index is 313. The fraction of sp³-hybridized carbons (Fsp3) is 0.857. The SMILES string of the molecule is CSCC[C@@H](CO)NC(=O)CCN1CCCCCC1=O. The van der Waals surface area contributed by atoms with Gasteiger partial charge >= 0.3 is 0 Å². The van der Waals surface area contributed by atoms with Crippen molar-refractivity contribution in [2.75, 3.05) is 31.7 Å². The van der Waals surface area contributed by atoms with Gasteiger partial charge in [0, 0.05) is 25.9 Å². The van der Waals surface area contributed by atoms with E-state index in [4.69, 9.17) is 0 Å². The number of nitrogens with zero attached hydrogens (tertiary/aromatic N) is 1. The molecule has 0 bridgehead atoms. The van der Waals surface area contributed by atoms with Crippen LogP contribution in [0.25, 0.3) is 0 Å². The van der Waals surface area contributed by atoms with Gasteiger partial charge < -0.3 is 15.3 Å². The van der Waals surface area contributed by atoms with Crippen molar-refractivity contribution in [2.45, 2.75) is 44.6 Å². The van der Waals surface area contributed by atoms with E-state index in [0.29, 0.717) is 19.4 Å². The van der Waals surface area contributed by atoms with Crippen LogP contribution in [0.4, 0.5) is 0 Å². The molecule has 1 saturated heterocycles. The Labute approximate surface area is 125 Å². The maximum Gasteiger partial charge on any atom is 0.222 e. The Hall–Kier alpha value is -0.750. The molecule has 0 aromatic carbocycles. The van der Waals surface area contributed by atoms with Gasteiger partial charge in [-0.1, -0.05) is 6.42 Å². The van der Waals surface area contributed by atoms with Crippen molar-refractivity contribution in [1.82, 2.24) is 10.2 Å². The molecule has 2 amide bonds. The van der Waals surface area contributed by atoms with E-state index in [1.165, 1.54) is 0 Å². The first kappa shape index (κ1) is 17.3. The summed E-state index contributed by atoms with van der Waals surface area (Å²) in [7, 11) is 0. The molecule has 2 N–H and O–H groups in total. The molecular formula is C14H26N2O3S. The minimum absolute atomic E-state index is 0.0328. The van der Waals surface area contributed by atoms with Crippen LogP contribution in [0.5, 0.6) is 0 Å². The third-order valence-electron chi connectivity index (χ3n) is 3.54. The smallest absolute Gasteiger partial charge is 0.222 e. The van der Waals surface area contributed by atoms with Crippen molar-refractivity contribution >= 4 is 23.6 Å². The van der Waals surface area contributed by atoms with Gasteiger partial charge in [0.1, 0.15) is 0 Å². The van der Waals surface area contributed by atoms with E-state index in [1.807, 2.05) is 6.26 Å². The quantitative estimate of drug-likeness (QED) is 0.702. The number of hydrogen-bond donors (Lipinski definition) is 2. The average Bonchev–Trinajstić information content (AvgIpc) is 2.65. The molecule has 20 heavy (non-hydrogen) atoms. The minimum Gasteiger partial charge on any atom is -0.394 e. The number of nitrogens with one attached hydrogen (secondary N) is 1. The predicted molar refractivity (Wildman–Crippen MR) is 81.7 cm³/mol. The molecular weight excluding hydrogens is 276 g/mol. The predicted octanol–water partition coefficient (Wildman–Crippen LogP) is 1.01. The number of carbonyl (C=O) groups excluding carboxylic acids is 2. The van der Waals surface area contributed by atoms with Crippen molar-refractivity contribution in [3.8, 4) is 0 Å². The van der Waals surface area contributed by atoms with Crippen LogP contribution in [0.2, 0.25) is 0 Å². The third kappa shape index (κ3) is 6.61. The zero-order valence-corrected chi connectivity index (χ0v) is 13.1. The van der Waals surface area contributed by atoms with Crippen LogP contribution in [0.1, 0.15) is 38.5 Å². The summed E-state index contributed by atoms with van der Waals surface area (Å²) in [6.45, 7) is 1.22. The van der Waals surface area contributed by atoms with Gasteiger partial charge in [0.05, 0.1) is 12.6 Å². The van der Waals surface area contributed by atoms with E-state index in [2.05, 4.69) is 5.32 Å². The van der Waals surface area contributed by atoms with E-state index >= 15 is 0 Å². The summed E-state index contributed by atoms with van der Waals surface area (Å²) >= 11 is 1.70. The zero-order valence-electron chi connectivity index (χ0n) is 12.3. The highest BCUT2D eigenvalue weighted by atomic mass is 32.2. The van der Waals surface area contributed by atoms with Crippen LogP contribution in [-0.4, -0.2) is 59.6 Å². The van der Waals surface area contributed by atoms with Crippen molar-refractivity contribution in [1.29, 1.82) is 0 Å². The normalized spacial score (nSPS) is 17.7. The Balaban J connectivity index is 2.28. The highest BCUT2D eigenvalue weighted by Gasteiger charge is 2.18. The standard InChI is InChI=1S/C14H26N2O3S/c1-20-10-7-12(11-17)15-13(18)6-9-16-8-4-2-3-5-14(16)19/h12,17H,2-11H2,1H3,(H,15,18)/t12-/m0/s1. The third-order valence-corrected chi connectivity index (χ3v) is 4.18. The first-order valence-electron chi connectivity index (χ1n) is 7.34. The zero-order chi connectivity index (χ0) is 14.8. The lowest BCUT2D eigenvalue weighted by molar-refractivity contribution is -0.131. The van der Waals surface area contributed by atoms with Crippen LogP contribution < -0.4 is 5.32 Å². The molecule has 0 aromatic rings. The number of amides is 2. The summed E-state index contributed by atoms with van der Waals surface area (Å²) < 4.78 is 0. The van der Waals surface area contributed by atoms with Gasteiger partial charge in [-0.15, -0.1) is 0 Å². The number of hydrogen-bond acceptors (Lipinski definition) is 4. The first-order valence-corrected chi connectivity index (χ1v) is 8.73. The lowest BCUT2D eigenvalue weighted by atomic mass is 10.2. The molecule has 0 aromatic heterocycles. The van der Waals surface area contributed by atoms with Gasteiger partial charge in [-0.05, 0) is 31.3 Å². The number of carbonyl (C=O) groups is 2.